The topological polar surface area (TPSA) is 87.8 Å². The zero-order valence-electron chi connectivity index (χ0n) is 12.3. The van der Waals surface area contributed by atoms with Crippen molar-refractivity contribution in [3.8, 4) is 5.75 Å². The van der Waals surface area contributed by atoms with E-state index in [4.69, 9.17) is 0 Å². The summed E-state index contributed by atoms with van der Waals surface area (Å²) in [7, 11) is 0. The largest absolute Gasteiger partial charge is 0.507 e. The van der Waals surface area contributed by atoms with Crippen molar-refractivity contribution < 1.29 is 10.0 Å². The van der Waals surface area contributed by atoms with Crippen LogP contribution in [-0.4, -0.2) is 15.1 Å². The van der Waals surface area contributed by atoms with E-state index in [1.807, 2.05) is 24.3 Å². The molecule has 0 amide bonds. The van der Waals surface area contributed by atoms with E-state index < -0.39 is 4.92 Å². The van der Waals surface area contributed by atoms with Crippen molar-refractivity contribution in [1.82, 2.24) is 0 Å². The second kappa shape index (κ2) is 5.54. The average Bonchev–Trinajstić information content (AvgIpc) is 2.96. The van der Waals surface area contributed by atoms with Crippen LogP contribution in [0.15, 0.2) is 64.6 Å². The maximum Gasteiger partial charge on any atom is 0.269 e. The lowest BCUT2D eigenvalue weighted by atomic mass is 10.0. The smallest absolute Gasteiger partial charge is 0.269 e. The Morgan fingerprint density at radius 3 is 2.62 bits per heavy atom. The molecule has 2 N–H and O–H groups in total. The van der Waals surface area contributed by atoms with E-state index >= 15 is 0 Å². The number of hydrazone groups is 1. The third-order valence-electron chi connectivity index (χ3n) is 3.78. The van der Waals surface area contributed by atoms with Gasteiger partial charge < -0.3 is 5.11 Å². The number of nitrogens with zero attached hydrogens (tertiary/aromatic N) is 2. The molecule has 24 heavy (non-hydrogen) atoms. The van der Waals surface area contributed by atoms with Crippen molar-refractivity contribution in [3.05, 3.63) is 70.3 Å². The molecule has 0 radical (unpaired) electrons. The van der Waals surface area contributed by atoms with Gasteiger partial charge in [-0.2, -0.15) is 5.10 Å². The molecule has 0 bridgehead atoms. The molecule has 0 spiro atoms. The van der Waals surface area contributed by atoms with Gasteiger partial charge >= 0.3 is 0 Å². The highest BCUT2D eigenvalue weighted by Crippen LogP contribution is 2.43. The maximum absolute atomic E-state index is 10.7. The molecule has 1 heterocycles. The maximum atomic E-state index is 10.7. The second-order valence-corrected chi connectivity index (χ2v) is 6.28. The number of thioether (sulfide) groups is 1. The van der Waals surface area contributed by atoms with E-state index in [9.17, 15) is 15.2 Å². The number of anilines is 1. The molecule has 4 rings (SSSR count). The van der Waals surface area contributed by atoms with E-state index in [0.717, 1.165) is 26.3 Å². The fraction of sp³-hybridized carbons (Fsp3) is 0. The predicted octanol–water partition coefficient (Wildman–Crippen LogP) is 4.33. The molecule has 0 unspecified atom stereocenters. The molecule has 0 aliphatic carbocycles. The standard InChI is InChI=1S/C17H11N3O3S/c21-14-9-8-13-16-12(14)2-1-3-15(16)24-17(13)19-18-10-4-6-11(7-5-10)20(22)23/h1-9,18,21H. The van der Waals surface area contributed by atoms with Crippen LogP contribution in [0.1, 0.15) is 5.56 Å². The van der Waals surface area contributed by atoms with Crippen LogP contribution in [0.25, 0.3) is 10.8 Å². The predicted molar refractivity (Wildman–Crippen MR) is 94.7 cm³/mol. The van der Waals surface area contributed by atoms with Crippen molar-refractivity contribution >= 4 is 39.0 Å². The molecule has 3 aromatic rings. The molecule has 0 fully saturated rings. The van der Waals surface area contributed by atoms with Gasteiger partial charge in [-0.15, -0.1) is 0 Å². The van der Waals surface area contributed by atoms with Crippen molar-refractivity contribution in [2.45, 2.75) is 4.90 Å². The van der Waals surface area contributed by atoms with Crippen LogP contribution in [0, 0.1) is 10.1 Å². The molecule has 0 atom stereocenters. The van der Waals surface area contributed by atoms with Gasteiger partial charge in [0, 0.05) is 33.4 Å². The van der Waals surface area contributed by atoms with Gasteiger partial charge in [-0.05, 0) is 30.3 Å². The number of nitro groups is 1. The lowest BCUT2D eigenvalue weighted by Crippen LogP contribution is -1.97. The Labute approximate surface area is 141 Å². The molecular formula is C17H11N3O3S. The molecule has 0 aromatic heterocycles. The van der Waals surface area contributed by atoms with Gasteiger partial charge in [0.15, 0.2) is 0 Å². The number of non-ortho nitro benzene ring substituents is 1. The van der Waals surface area contributed by atoms with Gasteiger partial charge in [0.05, 0.1) is 10.6 Å². The van der Waals surface area contributed by atoms with Crippen LogP contribution >= 0.6 is 11.8 Å². The molecule has 1 aliphatic heterocycles. The first-order valence-corrected chi connectivity index (χ1v) is 7.96. The summed E-state index contributed by atoms with van der Waals surface area (Å²) in [6.07, 6.45) is 0. The van der Waals surface area contributed by atoms with Gasteiger partial charge in [0.25, 0.3) is 5.69 Å². The summed E-state index contributed by atoms with van der Waals surface area (Å²) in [6, 6.07) is 15.4. The number of hydrogen-bond acceptors (Lipinski definition) is 6. The molecular weight excluding hydrogens is 326 g/mol. The lowest BCUT2D eigenvalue weighted by molar-refractivity contribution is -0.384. The summed E-state index contributed by atoms with van der Waals surface area (Å²) >= 11 is 1.52. The van der Waals surface area contributed by atoms with E-state index in [0.29, 0.717) is 5.69 Å². The SMILES string of the molecule is O=[N+]([O-])c1ccc(NN=C2Sc3cccc4c(O)ccc2c34)cc1. The number of nitrogens with one attached hydrogen (secondary N) is 1. The molecule has 0 saturated carbocycles. The van der Waals surface area contributed by atoms with Crippen LogP contribution in [0.2, 0.25) is 0 Å². The zero-order chi connectivity index (χ0) is 16.7. The molecule has 1 aliphatic rings. The van der Waals surface area contributed by atoms with Crippen molar-refractivity contribution in [1.29, 1.82) is 0 Å². The number of phenols is 1. The number of aromatic hydroxyl groups is 1. The molecule has 118 valence electrons. The van der Waals surface area contributed by atoms with Gasteiger partial charge in [-0.3, -0.25) is 15.5 Å². The number of hydrogen-bond donors (Lipinski definition) is 2. The molecule has 6 nitrogen and oxygen atoms in total. The summed E-state index contributed by atoms with van der Waals surface area (Å²) in [5, 5.41) is 27.7. The summed E-state index contributed by atoms with van der Waals surface area (Å²) < 4.78 is 0. The first-order valence-electron chi connectivity index (χ1n) is 7.14. The minimum atomic E-state index is -0.438. The number of rotatable bonds is 3. The summed E-state index contributed by atoms with van der Waals surface area (Å²) in [4.78, 5) is 11.3. The normalized spacial score (nSPS) is 14.2. The van der Waals surface area contributed by atoms with Crippen LogP contribution in [0.3, 0.4) is 0 Å². The van der Waals surface area contributed by atoms with Gasteiger partial charge in [-0.1, -0.05) is 23.9 Å². The number of benzene rings is 3. The Bertz CT molecular complexity index is 1000. The van der Waals surface area contributed by atoms with Crippen LogP contribution in [0.5, 0.6) is 5.75 Å². The fourth-order valence-electron chi connectivity index (χ4n) is 2.64. The average molecular weight is 337 g/mol. The molecule has 3 aromatic carbocycles. The minimum absolute atomic E-state index is 0.0380. The fourth-order valence-corrected chi connectivity index (χ4v) is 3.68. The van der Waals surface area contributed by atoms with E-state index in [1.165, 1.54) is 23.9 Å². The van der Waals surface area contributed by atoms with Crippen molar-refractivity contribution in [2.75, 3.05) is 5.43 Å². The lowest BCUT2D eigenvalue weighted by Gasteiger charge is -2.03. The Balaban J connectivity index is 1.66. The highest BCUT2D eigenvalue weighted by atomic mass is 32.2. The second-order valence-electron chi connectivity index (χ2n) is 5.25. The summed E-state index contributed by atoms with van der Waals surface area (Å²) in [5.41, 5.74) is 4.59. The Hall–Kier alpha value is -3.06. The van der Waals surface area contributed by atoms with Gasteiger partial charge in [-0.25, -0.2) is 0 Å². The van der Waals surface area contributed by atoms with Crippen LogP contribution < -0.4 is 5.43 Å². The van der Waals surface area contributed by atoms with E-state index in [2.05, 4.69) is 10.5 Å². The quantitative estimate of drug-likeness (QED) is 0.548. The number of phenolic OH excluding ortho intramolecular Hbond substituents is 1. The highest BCUT2D eigenvalue weighted by molar-refractivity contribution is 8.15. The van der Waals surface area contributed by atoms with E-state index in [1.54, 1.807) is 18.2 Å². The third-order valence-corrected chi connectivity index (χ3v) is 4.85. The third kappa shape index (κ3) is 2.35. The zero-order valence-corrected chi connectivity index (χ0v) is 13.1. The van der Waals surface area contributed by atoms with E-state index in [-0.39, 0.29) is 11.4 Å². The highest BCUT2D eigenvalue weighted by Gasteiger charge is 2.22. The molecule has 0 saturated heterocycles. The Morgan fingerprint density at radius 2 is 1.88 bits per heavy atom. The summed E-state index contributed by atoms with van der Waals surface area (Å²) in [6.45, 7) is 0. The van der Waals surface area contributed by atoms with Crippen molar-refractivity contribution in [2.24, 2.45) is 5.10 Å². The molecule has 7 heteroatoms. The first-order chi connectivity index (χ1) is 11.6. The van der Waals surface area contributed by atoms with Crippen LogP contribution in [-0.2, 0) is 0 Å². The van der Waals surface area contributed by atoms with Crippen molar-refractivity contribution in [3.63, 3.8) is 0 Å². The first kappa shape index (κ1) is 14.5. The number of nitro benzene ring substituents is 1. The minimum Gasteiger partial charge on any atom is -0.507 e. The monoisotopic (exact) mass is 337 g/mol. The summed E-state index contributed by atoms with van der Waals surface area (Å²) in [5.74, 6) is 0.251. The Morgan fingerprint density at radius 1 is 1.08 bits per heavy atom. The van der Waals surface area contributed by atoms with Gasteiger partial charge in [0.2, 0.25) is 0 Å². The van der Waals surface area contributed by atoms with Crippen LogP contribution in [0.4, 0.5) is 11.4 Å². The Kier molecular flexibility index (Phi) is 3.35. The van der Waals surface area contributed by atoms with Gasteiger partial charge in [0.1, 0.15) is 10.8 Å².